The fourth-order valence-corrected chi connectivity index (χ4v) is 4.51. The number of anilines is 2. The highest BCUT2D eigenvalue weighted by Gasteiger charge is 2.24. The molecule has 1 heterocycles. The first kappa shape index (κ1) is 19.8. The topological polar surface area (TPSA) is 54.0 Å². The molecule has 1 aliphatic rings. The number of para-hydroxylation sites is 1. The van der Waals surface area contributed by atoms with Crippen molar-refractivity contribution in [3.8, 4) is 0 Å². The summed E-state index contributed by atoms with van der Waals surface area (Å²) in [5, 5.41) is 7.55. The molecule has 1 fully saturated rings. The highest BCUT2D eigenvalue weighted by molar-refractivity contribution is 7.98. The van der Waals surface area contributed by atoms with Gasteiger partial charge in [-0.25, -0.2) is 4.98 Å². The van der Waals surface area contributed by atoms with E-state index in [1.165, 1.54) is 24.2 Å². The first-order valence-electron chi connectivity index (χ1n) is 10.3. The van der Waals surface area contributed by atoms with Gasteiger partial charge in [0, 0.05) is 22.0 Å². The Morgan fingerprint density at radius 3 is 2.72 bits per heavy atom. The summed E-state index contributed by atoms with van der Waals surface area (Å²) in [5.41, 5.74) is 2.46. The van der Waals surface area contributed by atoms with Gasteiger partial charge in [-0.3, -0.25) is 4.79 Å². The second-order valence-corrected chi connectivity index (χ2v) is 8.65. The van der Waals surface area contributed by atoms with Gasteiger partial charge in [0.15, 0.2) is 0 Å². The monoisotopic (exact) mass is 405 g/mol. The van der Waals surface area contributed by atoms with Gasteiger partial charge in [-0.1, -0.05) is 44.0 Å². The van der Waals surface area contributed by atoms with Gasteiger partial charge in [0.2, 0.25) is 0 Å². The number of thioether (sulfide) groups is 1. The van der Waals surface area contributed by atoms with Crippen molar-refractivity contribution >= 4 is 40.1 Å². The molecule has 1 aliphatic carbocycles. The van der Waals surface area contributed by atoms with E-state index >= 15 is 0 Å². The lowest BCUT2D eigenvalue weighted by Crippen LogP contribution is -2.41. The SMILES string of the molecule is CSc1cccc(Nc2cc(C(=O)N[C@@H]3CCCC[C@@H]3C)c3ccccc3n2)c1. The van der Waals surface area contributed by atoms with Crippen molar-refractivity contribution in [1.82, 2.24) is 10.3 Å². The van der Waals surface area contributed by atoms with E-state index in [0.29, 0.717) is 17.3 Å². The van der Waals surface area contributed by atoms with Crippen molar-refractivity contribution in [1.29, 1.82) is 0 Å². The van der Waals surface area contributed by atoms with Crippen molar-refractivity contribution in [3.05, 3.63) is 60.2 Å². The molecule has 0 saturated heterocycles. The van der Waals surface area contributed by atoms with Gasteiger partial charge in [-0.05, 0) is 55.3 Å². The Hall–Kier alpha value is -2.53. The molecule has 0 spiro atoms. The van der Waals surface area contributed by atoms with Crippen molar-refractivity contribution in [3.63, 3.8) is 0 Å². The van der Waals surface area contributed by atoms with E-state index in [4.69, 9.17) is 4.98 Å². The summed E-state index contributed by atoms with van der Waals surface area (Å²) in [5.74, 6) is 1.19. The third-order valence-corrected chi connectivity index (χ3v) is 6.46. The summed E-state index contributed by atoms with van der Waals surface area (Å²) in [4.78, 5) is 19.1. The Labute approximate surface area is 176 Å². The van der Waals surface area contributed by atoms with Gasteiger partial charge in [0.05, 0.1) is 11.1 Å². The van der Waals surface area contributed by atoms with Crippen molar-refractivity contribution in [2.24, 2.45) is 5.92 Å². The maximum absolute atomic E-state index is 13.2. The molecule has 5 heteroatoms. The molecule has 0 bridgehead atoms. The van der Waals surface area contributed by atoms with Crippen LogP contribution in [0.25, 0.3) is 10.9 Å². The average molecular weight is 406 g/mol. The van der Waals surface area contributed by atoms with Gasteiger partial charge in [0.25, 0.3) is 5.91 Å². The molecule has 1 aromatic heterocycles. The summed E-state index contributed by atoms with van der Waals surface area (Å²) in [7, 11) is 0. The average Bonchev–Trinajstić information content (AvgIpc) is 2.75. The van der Waals surface area contributed by atoms with Crippen LogP contribution in [0.5, 0.6) is 0 Å². The molecule has 0 unspecified atom stereocenters. The standard InChI is InChI=1S/C24H27N3OS/c1-16-8-3-5-12-21(16)27-24(28)20-15-23(26-22-13-6-4-11-19(20)22)25-17-9-7-10-18(14-17)29-2/h4,6-7,9-11,13-16,21H,3,5,8,12H2,1-2H3,(H,25,26)(H,27,28)/t16-,21+/m0/s1. The van der Waals surface area contributed by atoms with Crippen LogP contribution in [0, 0.1) is 5.92 Å². The number of hydrogen-bond acceptors (Lipinski definition) is 4. The normalized spacial score (nSPS) is 19.1. The van der Waals surface area contributed by atoms with Gasteiger partial charge < -0.3 is 10.6 Å². The smallest absolute Gasteiger partial charge is 0.252 e. The Balaban J connectivity index is 1.66. The number of nitrogens with one attached hydrogen (secondary N) is 2. The minimum atomic E-state index is -0.0109. The van der Waals surface area contributed by atoms with Gasteiger partial charge in [-0.2, -0.15) is 0 Å². The minimum absolute atomic E-state index is 0.0109. The quantitative estimate of drug-likeness (QED) is 0.511. The van der Waals surface area contributed by atoms with Crippen molar-refractivity contribution in [2.75, 3.05) is 11.6 Å². The Kier molecular flexibility index (Phi) is 6.05. The Bertz CT molecular complexity index is 1020. The molecule has 2 atom stereocenters. The number of carbonyl (C=O) groups excluding carboxylic acids is 1. The lowest BCUT2D eigenvalue weighted by atomic mass is 9.86. The number of amides is 1. The number of hydrogen-bond donors (Lipinski definition) is 2. The number of pyridine rings is 1. The van der Waals surface area contributed by atoms with Crippen LogP contribution in [0.2, 0.25) is 0 Å². The van der Waals surface area contributed by atoms with E-state index in [1.54, 1.807) is 11.8 Å². The lowest BCUT2D eigenvalue weighted by Gasteiger charge is -2.29. The molecule has 1 saturated carbocycles. The number of fused-ring (bicyclic) bond motifs is 1. The summed E-state index contributed by atoms with van der Waals surface area (Å²) < 4.78 is 0. The highest BCUT2D eigenvalue weighted by atomic mass is 32.2. The maximum Gasteiger partial charge on any atom is 0.252 e. The van der Waals surface area contributed by atoms with Crippen LogP contribution in [-0.4, -0.2) is 23.2 Å². The van der Waals surface area contributed by atoms with Gasteiger partial charge in [-0.15, -0.1) is 11.8 Å². The Morgan fingerprint density at radius 2 is 1.90 bits per heavy atom. The number of benzene rings is 2. The van der Waals surface area contributed by atoms with Crippen LogP contribution in [0.15, 0.2) is 59.5 Å². The predicted molar refractivity (Wildman–Crippen MR) is 122 cm³/mol. The van der Waals surface area contributed by atoms with E-state index < -0.39 is 0 Å². The zero-order chi connectivity index (χ0) is 20.2. The van der Waals surface area contributed by atoms with E-state index in [-0.39, 0.29) is 11.9 Å². The molecular weight excluding hydrogens is 378 g/mol. The number of carbonyl (C=O) groups is 1. The predicted octanol–water partition coefficient (Wildman–Crippen LogP) is 6.01. The van der Waals surface area contributed by atoms with Crippen LogP contribution >= 0.6 is 11.8 Å². The number of aromatic nitrogens is 1. The van der Waals surface area contributed by atoms with Crippen molar-refractivity contribution in [2.45, 2.75) is 43.5 Å². The first-order valence-corrected chi connectivity index (χ1v) is 11.5. The summed E-state index contributed by atoms with van der Waals surface area (Å²) in [6.07, 6.45) is 6.74. The van der Waals surface area contributed by atoms with Gasteiger partial charge in [0.1, 0.15) is 5.82 Å². The fraction of sp³-hybridized carbons (Fsp3) is 0.333. The molecule has 150 valence electrons. The zero-order valence-corrected chi connectivity index (χ0v) is 17.8. The second kappa shape index (κ2) is 8.87. The van der Waals surface area contributed by atoms with E-state index in [9.17, 15) is 4.79 Å². The second-order valence-electron chi connectivity index (χ2n) is 7.77. The summed E-state index contributed by atoms with van der Waals surface area (Å²) in [6.45, 7) is 2.24. The first-order chi connectivity index (χ1) is 14.1. The van der Waals surface area contributed by atoms with E-state index in [0.717, 1.165) is 23.0 Å². The van der Waals surface area contributed by atoms with Crippen LogP contribution in [0.4, 0.5) is 11.5 Å². The molecule has 2 aromatic carbocycles. The van der Waals surface area contributed by atoms with E-state index in [2.05, 4.69) is 35.9 Å². The summed E-state index contributed by atoms with van der Waals surface area (Å²) >= 11 is 1.70. The number of rotatable bonds is 5. The lowest BCUT2D eigenvalue weighted by molar-refractivity contribution is 0.0912. The molecule has 4 nitrogen and oxygen atoms in total. The highest BCUT2D eigenvalue weighted by Crippen LogP contribution is 2.27. The molecule has 29 heavy (non-hydrogen) atoms. The molecule has 0 aliphatic heterocycles. The fourth-order valence-electron chi connectivity index (χ4n) is 4.05. The van der Waals surface area contributed by atoms with Gasteiger partial charge >= 0.3 is 0 Å². The largest absolute Gasteiger partial charge is 0.349 e. The summed E-state index contributed by atoms with van der Waals surface area (Å²) in [6, 6.07) is 18.2. The third-order valence-electron chi connectivity index (χ3n) is 5.73. The van der Waals surface area contributed by atoms with Crippen molar-refractivity contribution < 1.29 is 4.79 Å². The van der Waals surface area contributed by atoms with Crippen LogP contribution in [0.1, 0.15) is 43.0 Å². The maximum atomic E-state index is 13.2. The van der Waals surface area contributed by atoms with Crippen LogP contribution in [-0.2, 0) is 0 Å². The van der Waals surface area contributed by atoms with Crippen LogP contribution < -0.4 is 10.6 Å². The molecule has 0 radical (unpaired) electrons. The Morgan fingerprint density at radius 1 is 1.07 bits per heavy atom. The minimum Gasteiger partial charge on any atom is -0.349 e. The third kappa shape index (κ3) is 4.56. The van der Waals surface area contributed by atoms with E-state index in [1.807, 2.05) is 42.5 Å². The van der Waals surface area contributed by atoms with Crippen LogP contribution in [0.3, 0.4) is 0 Å². The molecule has 2 N–H and O–H groups in total. The molecule has 1 amide bonds. The number of nitrogens with zero attached hydrogens (tertiary/aromatic N) is 1. The molecule has 3 aromatic rings. The molecule has 4 rings (SSSR count). The zero-order valence-electron chi connectivity index (χ0n) is 16.9. The molecular formula is C24H27N3OS.